The van der Waals surface area contributed by atoms with Gasteiger partial charge in [0, 0.05) is 19.6 Å². The lowest BCUT2D eigenvalue weighted by Gasteiger charge is -2.34. The van der Waals surface area contributed by atoms with Crippen LogP contribution in [0.25, 0.3) is 0 Å². The lowest BCUT2D eigenvalue weighted by Crippen LogP contribution is -2.49. The van der Waals surface area contributed by atoms with E-state index in [0.717, 1.165) is 13.1 Å². The molecule has 3 atom stereocenters. The van der Waals surface area contributed by atoms with Gasteiger partial charge in [0.2, 0.25) is 5.91 Å². The number of carbonyl (C=O) groups is 1. The smallest absolute Gasteiger partial charge is 0.234 e. The van der Waals surface area contributed by atoms with Crippen molar-refractivity contribution in [1.29, 1.82) is 0 Å². The van der Waals surface area contributed by atoms with Crippen LogP contribution in [0.2, 0.25) is 0 Å². The Morgan fingerprint density at radius 1 is 1.45 bits per heavy atom. The summed E-state index contributed by atoms with van der Waals surface area (Å²) in [6.45, 7) is 8.64. The molecule has 0 radical (unpaired) electrons. The zero-order valence-corrected chi connectivity index (χ0v) is 12.3. The van der Waals surface area contributed by atoms with Crippen LogP contribution in [0.1, 0.15) is 26.8 Å². The summed E-state index contributed by atoms with van der Waals surface area (Å²) in [6.07, 6.45) is 3.51. The van der Waals surface area contributed by atoms with Gasteiger partial charge in [-0.15, -0.1) is 0 Å². The van der Waals surface area contributed by atoms with E-state index in [4.69, 9.17) is 4.74 Å². The molecular formula is C13H23N5O2. The van der Waals surface area contributed by atoms with Crippen LogP contribution in [0.5, 0.6) is 0 Å². The molecule has 2 rings (SSSR count). The summed E-state index contributed by atoms with van der Waals surface area (Å²) in [5.74, 6) is 0.0401. The number of nitrogens with zero attached hydrogens (tertiary/aromatic N) is 4. The number of aromatic nitrogens is 3. The van der Waals surface area contributed by atoms with E-state index in [9.17, 15) is 4.79 Å². The molecule has 112 valence electrons. The van der Waals surface area contributed by atoms with Crippen LogP contribution in [0.3, 0.4) is 0 Å². The second-order valence-corrected chi connectivity index (χ2v) is 5.48. The molecule has 0 aromatic carbocycles. The molecule has 1 aliphatic rings. The standard InChI is InChI=1S/C13H23N5O2/c1-10(18-9-14-8-16-18)4-15-13(19)7-17-5-11(2)20-12(3)6-17/h8-12H,4-7H2,1-3H3,(H,15,19)/t10-,11-,12+/m1/s1. The maximum absolute atomic E-state index is 12.0. The predicted octanol–water partition coefficient (Wildman–Crippen LogP) is 0.0645. The maximum Gasteiger partial charge on any atom is 0.234 e. The first kappa shape index (κ1) is 14.9. The topological polar surface area (TPSA) is 72.3 Å². The Balaban J connectivity index is 1.72. The first-order valence-corrected chi connectivity index (χ1v) is 7.03. The Bertz CT molecular complexity index is 412. The number of rotatable bonds is 5. The fourth-order valence-electron chi connectivity index (χ4n) is 2.47. The monoisotopic (exact) mass is 281 g/mol. The summed E-state index contributed by atoms with van der Waals surface area (Å²) in [6, 6.07) is 0.101. The molecule has 20 heavy (non-hydrogen) atoms. The minimum absolute atomic E-state index is 0.0401. The fraction of sp³-hybridized carbons (Fsp3) is 0.769. The molecular weight excluding hydrogens is 258 g/mol. The Hall–Kier alpha value is -1.47. The zero-order valence-electron chi connectivity index (χ0n) is 12.3. The molecule has 7 heteroatoms. The average Bonchev–Trinajstić information content (AvgIpc) is 2.88. The Kier molecular flexibility index (Phi) is 5.08. The Labute approximate surface area is 119 Å². The van der Waals surface area contributed by atoms with E-state index in [1.54, 1.807) is 11.0 Å². The van der Waals surface area contributed by atoms with Crippen LogP contribution in [0.15, 0.2) is 12.7 Å². The van der Waals surface area contributed by atoms with Gasteiger partial charge in [-0.2, -0.15) is 5.10 Å². The highest BCUT2D eigenvalue weighted by molar-refractivity contribution is 5.78. The molecule has 0 bridgehead atoms. The highest BCUT2D eigenvalue weighted by Gasteiger charge is 2.23. The molecule has 0 aliphatic carbocycles. The number of ether oxygens (including phenoxy) is 1. The molecule has 1 aromatic heterocycles. The highest BCUT2D eigenvalue weighted by atomic mass is 16.5. The lowest BCUT2D eigenvalue weighted by atomic mass is 10.2. The van der Waals surface area contributed by atoms with E-state index in [2.05, 4.69) is 20.3 Å². The number of amides is 1. The van der Waals surface area contributed by atoms with Crippen LogP contribution in [0, 0.1) is 0 Å². The molecule has 1 aromatic rings. The van der Waals surface area contributed by atoms with E-state index >= 15 is 0 Å². The third kappa shape index (κ3) is 4.28. The van der Waals surface area contributed by atoms with Gasteiger partial charge in [0.25, 0.3) is 0 Å². The van der Waals surface area contributed by atoms with Crippen molar-refractivity contribution in [2.24, 2.45) is 0 Å². The summed E-state index contributed by atoms with van der Waals surface area (Å²) >= 11 is 0. The maximum atomic E-state index is 12.0. The third-order valence-corrected chi connectivity index (χ3v) is 3.35. The van der Waals surface area contributed by atoms with Crippen molar-refractivity contribution in [1.82, 2.24) is 25.0 Å². The van der Waals surface area contributed by atoms with Crippen LogP contribution in [0.4, 0.5) is 0 Å². The molecule has 1 amide bonds. The van der Waals surface area contributed by atoms with Gasteiger partial charge in [-0.05, 0) is 20.8 Å². The van der Waals surface area contributed by atoms with Gasteiger partial charge in [0.15, 0.2) is 0 Å². The summed E-state index contributed by atoms with van der Waals surface area (Å²) < 4.78 is 7.39. The molecule has 1 fully saturated rings. The number of hydrogen-bond acceptors (Lipinski definition) is 5. The minimum Gasteiger partial charge on any atom is -0.373 e. The molecule has 1 aliphatic heterocycles. The minimum atomic E-state index is 0.0401. The zero-order chi connectivity index (χ0) is 14.5. The number of morpholine rings is 1. The van der Waals surface area contributed by atoms with Gasteiger partial charge in [-0.1, -0.05) is 0 Å². The van der Waals surface area contributed by atoms with Crippen LogP contribution in [-0.2, 0) is 9.53 Å². The summed E-state index contributed by atoms with van der Waals surface area (Å²) in [4.78, 5) is 18.0. The molecule has 0 unspecified atom stereocenters. The average molecular weight is 281 g/mol. The predicted molar refractivity (Wildman–Crippen MR) is 74.2 cm³/mol. The SMILES string of the molecule is C[C@@H]1CN(CC(=O)NC[C@@H](C)n2cncn2)C[C@H](C)O1. The van der Waals surface area contributed by atoms with Gasteiger partial charge in [0.05, 0.1) is 24.8 Å². The van der Waals surface area contributed by atoms with Gasteiger partial charge >= 0.3 is 0 Å². The number of nitrogens with one attached hydrogen (secondary N) is 1. The molecule has 1 N–H and O–H groups in total. The second kappa shape index (κ2) is 6.81. The third-order valence-electron chi connectivity index (χ3n) is 3.35. The summed E-state index contributed by atoms with van der Waals surface area (Å²) in [5, 5.41) is 6.99. The highest BCUT2D eigenvalue weighted by Crippen LogP contribution is 2.09. The van der Waals surface area contributed by atoms with Crippen LogP contribution < -0.4 is 5.32 Å². The van der Waals surface area contributed by atoms with Crippen molar-refractivity contribution < 1.29 is 9.53 Å². The van der Waals surface area contributed by atoms with Crippen molar-refractivity contribution in [3.05, 3.63) is 12.7 Å². The Morgan fingerprint density at radius 3 is 2.75 bits per heavy atom. The molecule has 0 spiro atoms. The van der Waals surface area contributed by atoms with Crippen molar-refractivity contribution in [2.45, 2.75) is 39.0 Å². The van der Waals surface area contributed by atoms with Gasteiger partial charge in [-0.25, -0.2) is 9.67 Å². The van der Waals surface area contributed by atoms with Gasteiger partial charge in [0.1, 0.15) is 12.7 Å². The van der Waals surface area contributed by atoms with E-state index < -0.39 is 0 Å². The van der Waals surface area contributed by atoms with E-state index in [-0.39, 0.29) is 24.2 Å². The quantitative estimate of drug-likeness (QED) is 0.826. The Morgan fingerprint density at radius 2 is 2.15 bits per heavy atom. The molecule has 1 saturated heterocycles. The van der Waals surface area contributed by atoms with Crippen LogP contribution in [-0.4, -0.2) is 64.0 Å². The second-order valence-electron chi connectivity index (χ2n) is 5.48. The molecule has 0 saturated carbocycles. The number of carbonyl (C=O) groups excluding carboxylic acids is 1. The summed E-state index contributed by atoms with van der Waals surface area (Å²) in [7, 11) is 0. The van der Waals surface area contributed by atoms with Gasteiger partial charge < -0.3 is 10.1 Å². The molecule has 2 heterocycles. The largest absolute Gasteiger partial charge is 0.373 e. The van der Waals surface area contributed by atoms with Crippen molar-refractivity contribution in [3.63, 3.8) is 0 Å². The van der Waals surface area contributed by atoms with E-state index in [0.29, 0.717) is 13.1 Å². The van der Waals surface area contributed by atoms with Crippen molar-refractivity contribution >= 4 is 5.91 Å². The van der Waals surface area contributed by atoms with E-state index in [1.165, 1.54) is 6.33 Å². The lowest BCUT2D eigenvalue weighted by molar-refractivity contribution is -0.126. The number of hydrogen-bond donors (Lipinski definition) is 1. The first-order chi connectivity index (χ1) is 9.54. The van der Waals surface area contributed by atoms with E-state index in [1.807, 2.05) is 20.8 Å². The van der Waals surface area contributed by atoms with Crippen molar-refractivity contribution in [2.75, 3.05) is 26.2 Å². The fourth-order valence-corrected chi connectivity index (χ4v) is 2.47. The van der Waals surface area contributed by atoms with Gasteiger partial charge in [-0.3, -0.25) is 9.69 Å². The first-order valence-electron chi connectivity index (χ1n) is 7.03. The summed E-state index contributed by atoms with van der Waals surface area (Å²) in [5.41, 5.74) is 0. The molecule has 7 nitrogen and oxygen atoms in total. The van der Waals surface area contributed by atoms with Crippen molar-refractivity contribution in [3.8, 4) is 0 Å². The van der Waals surface area contributed by atoms with Crippen LogP contribution >= 0.6 is 0 Å². The normalized spacial score (nSPS) is 25.4.